The molecule has 0 fully saturated rings. The SMILES string of the molecule is [C-]#[N+]CC(C)(C)c1cccc(O)c1. The Hall–Kier alpha value is -1.49. The molecule has 13 heavy (non-hydrogen) atoms. The lowest BCUT2D eigenvalue weighted by molar-refractivity contribution is 0.470. The summed E-state index contributed by atoms with van der Waals surface area (Å²) in [5, 5.41) is 9.27. The highest BCUT2D eigenvalue weighted by Gasteiger charge is 2.23. The highest BCUT2D eigenvalue weighted by Crippen LogP contribution is 2.26. The predicted molar refractivity (Wildman–Crippen MR) is 52.6 cm³/mol. The molecule has 0 saturated carbocycles. The third-order valence-electron chi connectivity index (χ3n) is 2.10. The van der Waals surface area contributed by atoms with E-state index in [9.17, 15) is 5.11 Å². The van der Waals surface area contributed by atoms with Gasteiger partial charge in [0.15, 0.2) is 0 Å². The average molecular weight is 175 g/mol. The van der Waals surface area contributed by atoms with Gasteiger partial charge in [-0.1, -0.05) is 12.1 Å². The summed E-state index contributed by atoms with van der Waals surface area (Å²) in [6.07, 6.45) is 0. The largest absolute Gasteiger partial charge is 0.508 e. The van der Waals surface area contributed by atoms with E-state index in [4.69, 9.17) is 6.57 Å². The number of nitrogens with zero attached hydrogens (tertiary/aromatic N) is 1. The molecule has 0 radical (unpaired) electrons. The molecule has 0 aliphatic rings. The molecule has 0 bridgehead atoms. The normalized spacial score (nSPS) is 10.8. The van der Waals surface area contributed by atoms with E-state index in [1.165, 1.54) is 0 Å². The first kappa shape index (κ1) is 9.60. The van der Waals surface area contributed by atoms with Crippen molar-refractivity contribution in [3.8, 4) is 5.75 Å². The summed E-state index contributed by atoms with van der Waals surface area (Å²) in [4.78, 5) is 3.38. The van der Waals surface area contributed by atoms with Gasteiger partial charge in [0.05, 0.1) is 5.41 Å². The van der Waals surface area contributed by atoms with Crippen LogP contribution < -0.4 is 0 Å². The van der Waals surface area contributed by atoms with Gasteiger partial charge in [0.1, 0.15) is 5.75 Å². The summed E-state index contributed by atoms with van der Waals surface area (Å²) in [6.45, 7) is 11.3. The van der Waals surface area contributed by atoms with Crippen LogP contribution in [0.15, 0.2) is 24.3 Å². The predicted octanol–water partition coefficient (Wildman–Crippen LogP) is 2.59. The molecule has 1 N–H and O–H groups in total. The van der Waals surface area contributed by atoms with E-state index in [0.29, 0.717) is 6.54 Å². The average Bonchev–Trinajstić information content (AvgIpc) is 2.04. The quantitative estimate of drug-likeness (QED) is 0.686. The van der Waals surface area contributed by atoms with Gasteiger partial charge in [-0.15, -0.1) is 0 Å². The van der Waals surface area contributed by atoms with Gasteiger partial charge in [0.2, 0.25) is 6.54 Å². The van der Waals surface area contributed by atoms with Crippen molar-refractivity contribution in [1.82, 2.24) is 0 Å². The van der Waals surface area contributed by atoms with E-state index in [1.54, 1.807) is 18.2 Å². The molecule has 0 amide bonds. The summed E-state index contributed by atoms with van der Waals surface area (Å²) in [5.41, 5.74) is 0.823. The molecule has 0 aliphatic heterocycles. The fourth-order valence-electron chi connectivity index (χ4n) is 1.22. The highest BCUT2D eigenvalue weighted by atomic mass is 16.3. The number of phenolic OH excluding ortho intramolecular Hbond substituents is 1. The summed E-state index contributed by atoms with van der Waals surface area (Å²) in [5.74, 6) is 0.260. The van der Waals surface area contributed by atoms with Crippen LogP contribution in [0.3, 0.4) is 0 Å². The molecule has 0 aliphatic carbocycles. The number of hydrogen-bond acceptors (Lipinski definition) is 1. The van der Waals surface area contributed by atoms with E-state index in [0.717, 1.165) is 5.56 Å². The van der Waals surface area contributed by atoms with Gasteiger partial charge in [-0.3, -0.25) is 0 Å². The minimum atomic E-state index is -0.180. The molecule has 0 atom stereocenters. The number of aromatic hydroxyl groups is 1. The third kappa shape index (κ3) is 2.22. The number of rotatable bonds is 2. The van der Waals surface area contributed by atoms with E-state index in [-0.39, 0.29) is 11.2 Å². The van der Waals surface area contributed by atoms with Crippen LogP contribution in [0.2, 0.25) is 0 Å². The van der Waals surface area contributed by atoms with Crippen LogP contribution in [0.25, 0.3) is 4.85 Å². The van der Waals surface area contributed by atoms with Gasteiger partial charge in [-0.05, 0) is 31.5 Å². The molecule has 68 valence electrons. The lowest BCUT2D eigenvalue weighted by Crippen LogP contribution is -2.19. The Labute approximate surface area is 78.7 Å². The molecule has 0 unspecified atom stereocenters. The van der Waals surface area contributed by atoms with Crippen LogP contribution in [0.1, 0.15) is 19.4 Å². The van der Waals surface area contributed by atoms with Crippen molar-refractivity contribution >= 4 is 0 Å². The van der Waals surface area contributed by atoms with Crippen molar-refractivity contribution in [2.24, 2.45) is 0 Å². The van der Waals surface area contributed by atoms with Crippen LogP contribution in [0, 0.1) is 6.57 Å². The Balaban J connectivity index is 3.01. The topological polar surface area (TPSA) is 24.6 Å². The van der Waals surface area contributed by atoms with Gasteiger partial charge in [0, 0.05) is 0 Å². The Bertz CT molecular complexity index is 336. The van der Waals surface area contributed by atoms with Crippen LogP contribution in [-0.4, -0.2) is 11.7 Å². The van der Waals surface area contributed by atoms with Crippen LogP contribution in [0.4, 0.5) is 0 Å². The van der Waals surface area contributed by atoms with Gasteiger partial charge >= 0.3 is 0 Å². The molecule has 2 nitrogen and oxygen atoms in total. The summed E-state index contributed by atoms with van der Waals surface area (Å²) in [6, 6.07) is 7.09. The monoisotopic (exact) mass is 175 g/mol. The first-order valence-electron chi connectivity index (χ1n) is 4.19. The highest BCUT2D eigenvalue weighted by molar-refractivity contribution is 5.32. The Morgan fingerprint density at radius 3 is 2.69 bits per heavy atom. The number of phenols is 1. The standard InChI is InChI=1S/C11H13NO/c1-11(2,8-12-3)9-5-4-6-10(13)7-9/h4-7,13H,8H2,1-2H3. The van der Waals surface area contributed by atoms with E-state index in [2.05, 4.69) is 4.85 Å². The zero-order valence-corrected chi connectivity index (χ0v) is 7.91. The molecule has 0 spiro atoms. The molecular formula is C11H13NO. The minimum Gasteiger partial charge on any atom is -0.508 e. The number of hydrogen-bond donors (Lipinski definition) is 1. The minimum absolute atomic E-state index is 0.180. The second-order valence-corrected chi connectivity index (χ2v) is 3.75. The second-order valence-electron chi connectivity index (χ2n) is 3.75. The fourth-order valence-corrected chi connectivity index (χ4v) is 1.22. The first-order valence-corrected chi connectivity index (χ1v) is 4.19. The van der Waals surface area contributed by atoms with Crippen LogP contribution in [0.5, 0.6) is 5.75 Å². The lowest BCUT2D eigenvalue weighted by Gasteiger charge is -2.18. The Morgan fingerprint density at radius 1 is 1.46 bits per heavy atom. The lowest BCUT2D eigenvalue weighted by atomic mass is 9.85. The van der Waals surface area contributed by atoms with Gasteiger partial charge in [0.25, 0.3) is 0 Å². The molecule has 0 heterocycles. The smallest absolute Gasteiger partial charge is 0.223 e. The first-order chi connectivity index (χ1) is 6.06. The van der Waals surface area contributed by atoms with Crippen molar-refractivity contribution < 1.29 is 5.11 Å². The van der Waals surface area contributed by atoms with Crippen molar-refractivity contribution in [2.75, 3.05) is 6.54 Å². The van der Waals surface area contributed by atoms with E-state index in [1.807, 2.05) is 19.9 Å². The zero-order chi connectivity index (χ0) is 9.90. The summed E-state index contributed by atoms with van der Waals surface area (Å²) >= 11 is 0. The number of benzene rings is 1. The van der Waals surface area contributed by atoms with Crippen molar-refractivity contribution in [3.63, 3.8) is 0 Å². The van der Waals surface area contributed by atoms with Gasteiger partial charge < -0.3 is 9.95 Å². The van der Waals surface area contributed by atoms with E-state index < -0.39 is 0 Å². The maximum Gasteiger partial charge on any atom is 0.223 e. The zero-order valence-electron chi connectivity index (χ0n) is 7.91. The second kappa shape index (κ2) is 3.49. The van der Waals surface area contributed by atoms with Gasteiger partial charge in [-0.25, -0.2) is 6.57 Å². The van der Waals surface area contributed by atoms with Crippen molar-refractivity contribution in [2.45, 2.75) is 19.3 Å². The molecule has 0 aromatic heterocycles. The van der Waals surface area contributed by atoms with Crippen molar-refractivity contribution in [1.29, 1.82) is 0 Å². The summed E-state index contributed by atoms with van der Waals surface area (Å²) < 4.78 is 0. The van der Waals surface area contributed by atoms with Crippen molar-refractivity contribution in [3.05, 3.63) is 41.2 Å². The molecule has 1 aromatic rings. The Morgan fingerprint density at radius 2 is 2.15 bits per heavy atom. The van der Waals surface area contributed by atoms with Crippen LogP contribution in [-0.2, 0) is 5.41 Å². The fraction of sp³-hybridized carbons (Fsp3) is 0.364. The molecule has 1 aromatic carbocycles. The van der Waals surface area contributed by atoms with Crippen LogP contribution >= 0.6 is 0 Å². The molecule has 2 heteroatoms. The van der Waals surface area contributed by atoms with E-state index >= 15 is 0 Å². The summed E-state index contributed by atoms with van der Waals surface area (Å²) in [7, 11) is 0. The third-order valence-corrected chi connectivity index (χ3v) is 2.10. The molecule has 1 rings (SSSR count). The maximum absolute atomic E-state index is 9.27. The van der Waals surface area contributed by atoms with Gasteiger partial charge in [-0.2, -0.15) is 0 Å². The Kier molecular flexibility index (Phi) is 2.57. The molecular weight excluding hydrogens is 162 g/mol. The molecule has 0 saturated heterocycles. The maximum atomic E-state index is 9.27.